The second kappa shape index (κ2) is 5.07. The number of rotatable bonds is 4. The quantitative estimate of drug-likeness (QED) is 0.881. The maximum absolute atomic E-state index is 4.73. The Kier molecular flexibility index (Phi) is 3.48. The lowest BCUT2D eigenvalue weighted by molar-refractivity contribution is 0.306. The molecule has 0 spiro atoms. The molecule has 2 fully saturated rings. The third-order valence-electron chi connectivity index (χ3n) is 4.12. The van der Waals surface area contributed by atoms with E-state index in [2.05, 4.69) is 17.6 Å². The van der Waals surface area contributed by atoms with Crippen LogP contribution in [0.15, 0.2) is 5.38 Å². The van der Waals surface area contributed by atoms with E-state index in [9.17, 15) is 0 Å². The summed E-state index contributed by atoms with van der Waals surface area (Å²) in [6, 6.07) is 0.736. The molecule has 1 aromatic rings. The van der Waals surface area contributed by atoms with Crippen LogP contribution in [0.2, 0.25) is 0 Å². The van der Waals surface area contributed by atoms with Crippen molar-refractivity contribution in [1.29, 1.82) is 0 Å². The summed E-state index contributed by atoms with van der Waals surface area (Å²) in [5.41, 5.74) is 1.35. The lowest BCUT2D eigenvalue weighted by Crippen LogP contribution is -2.32. The molecular weight excluding hydrogens is 228 g/mol. The van der Waals surface area contributed by atoms with Gasteiger partial charge in [0.2, 0.25) is 0 Å². The van der Waals surface area contributed by atoms with Crippen molar-refractivity contribution in [3.8, 4) is 0 Å². The number of nitrogens with zero attached hydrogens (tertiary/aromatic N) is 1. The van der Waals surface area contributed by atoms with E-state index in [1.54, 1.807) is 0 Å². The van der Waals surface area contributed by atoms with Gasteiger partial charge >= 0.3 is 0 Å². The van der Waals surface area contributed by atoms with Crippen molar-refractivity contribution >= 4 is 11.3 Å². The van der Waals surface area contributed by atoms with Crippen molar-refractivity contribution in [2.24, 2.45) is 5.92 Å². The maximum atomic E-state index is 4.73. The van der Waals surface area contributed by atoms with Crippen LogP contribution in [0.1, 0.15) is 62.1 Å². The lowest BCUT2D eigenvalue weighted by atomic mass is 9.87. The zero-order valence-electron chi connectivity index (χ0n) is 10.6. The molecule has 0 atom stereocenters. The first kappa shape index (κ1) is 11.7. The Morgan fingerprint density at radius 3 is 2.71 bits per heavy atom. The summed E-state index contributed by atoms with van der Waals surface area (Å²) in [5, 5.41) is 7.22. The van der Waals surface area contributed by atoms with Gasteiger partial charge in [-0.25, -0.2) is 4.98 Å². The minimum atomic E-state index is 0.736. The Balaban J connectivity index is 1.46. The molecule has 0 aromatic carbocycles. The topological polar surface area (TPSA) is 24.9 Å². The van der Waals surface area contributed by atoms with Gasteiger partial charge in [0.25, 0.3) is 0 Å². The largest absolute Gasteiger partial charge is 0.308 e. The highest BCUT2D eigenvalue weighted by Crippen LogP contribution is 2.40. The Hall–Kier alpha value is -0.410. The van der Waals surface area contributed by atoms with Crippen LogP contribution in [0.5, 0.6) is 0 Å². The first-order chi connectivity index (χ1) is 8.31. The van der Waals surface area contributed by atoms with Crippen molar-refractivity contribution in [3.05, 3.63) is 16.1 Å². The highest BCUT2D eigenvalue weighted by molar-refractivity contribution is 7.09. The molecule has 0 aliphatic heterocycles. The molecule has 17 heavy (non-hydrogen) atoms. The molecule has 0 bridgehead atoms. The number of aromatic nitrogens is 1. The molecule has 0 unspecified atom stereocenters. The van der Waals surface area contributed by atoms with Crippen molar-refractivity contribution in [2.75, 3.05) is 0 Å². The molecule has 2 saturated carbocycles. The smallest absolute Gasteiger partial charge is 0.107 e. The van der Waals surface area contributed by atoms with Gasteiger partial charge in [0.05, 0.1) is 5.69 Å². The Morgan fingerprint density at radius 1 is 1.24 bits per heavy atom. The van der Waals surface area contributed by atoms with Crippen molar-refractivity contribution < 1.29 is 0 Å². The van der Waals surface area contributed by atoms with E-state index in [4.69, 9.17) is 4.98 Å². The Labute approximate surface area is 108 Å². The SMILES string of the molecule is CC1CCC(NCc2nc(C3CC3)cs2)CC1. The molecule has 1 heterocycles. The summed E-state index contributed by atoms with van der Waals surface area (Å²) in [4.78, 5) is 4.73. The van der Waals surface area contributed by atoms with Crippen LogP contribution in [-0.2, 0) is 6.54 Å². The Bertz CT molecular complexity index is 362. The fourth-order valence-electron chi connectivity index (χ4n) is 2.67. The van der Waals surface area contributed by atoms with E-state index in [1.165, 1.54) is 49.2 Å². The van der Waals surface area contributed by atoms with Gasteiger partial charge in [-0.05, 0) is 44.4 Å². The fraction of sp³-hybridized carbons (Fsp3) is 0.786. The van der Waals surface area contributed by atoms with E-state index in [1.807, 2.05) is 11.3 Å². The van der Waals surface area contributed by atoms with Gasteiger partial charge in [0, 0.05) is 23.9 Å². The van der Waals surface area contributed by atoms with Crippen LogP contribution in [0, 0.1) is 5.92 Å². The van der Waals surface area contributed by atoms with Crippen LogP contribution in [0.3, 0.4) is 0 Å². The monoisotopic (exact) mass is 250 g/mol. The van der Waals surface area contributed by atoms with Gasteiger partial charge in [0.1, 0.15) is 5.01 Å². The molecule has 1 N–H and O–H groups in total. The Morgan fingerprint density at radius 2 is 2.00 bits per heavy atom. The maximum Gasteiger partial charge on any atom is 0.107 e. The second-order valence-corrected chi connectivity index (χ2v) is 6.72. The summed E-state index contributed by atoms with van der Waals surface area (Å²) in [6.07, 6.45) is 8.20. The van der Waals surface area contributed by atoms with Gasteiger partial charge in [-0.1, -0.05) is 6.92 Å². The van der Waals surface area contributed by atoms with E-state index in [0.29, 0.717) is 0 Å². The average Bonchev–Trinajstić information content (AvgIpc) is 3.09. The molecule has 94 valence electrons. The van der Waals surface area contributed by atoms with Crippen molar-refractivity contribution in [2.45, 2.75) is 64.0 Å². The molecule has 2 aliphatic carbocycles. The van der Waals surface area contributed by atoms with Gasteiger partial charge < -0.3 is 5.32 Å². The molecule has 3 heteroatoms. The number of thiazole rings is 1. The van der Waals surface area contributed by atoms with Gasteiger partial charge in [-0.15, -0.1) is 11.3 Å². The summed E-state index contributed by atoms with van der Waals surface area (Å²) in [5.74, 6) is 1.74. The highest BCUT2D eigenvalue weighted by Gasteiger charge is 2.26. The molecule has 0 amide bonds. The summed E-state index contributed by atoms with van der Waals surface area (Å²) < 4.78 is 0. The molecule has 0 radical (unpaired) electrons. The number of hydrogen-bond donors (Lipinski definition) is 1. The third kappa shape index (κ3) is 3.08. The standard InChI is InChI=1S/C14H22N2S/c1-10-2-6-12(7-3-10)15-8-14-16-13(9-17-14)11-4-5-11/h9-12,15H,2-8H2,1H3. The van der Waals surface area contributed by atoms with Crippen molar-refractivity contribution in [1.82, 2.24) is 10.3 Å². The van der Waals surface area contributed by atoms with Crippen LogP contribution in [-0.4, -0.2) is 11.0 Å². The second-order valence-electron chi connectivity index (χ2n) is 5.78. The lowest BCUT2D eigenvalue weighted by Gasteiger charge is -2.26. The average molecular weight is 250 g/mol. The third-order valence-corrected chi connectivity index (χ3v) is 4.99. The summed E-state index contributed by atoms with van der Waals surface area (Å²) in [7, 11) is 0. The first-order valence-corrected chi connectivity index (χ1v) is 7.87. The number of hydrogen-bond acceptors (Lipinski definition) is 3. The van der Waals surface area contributed by atoms with Gasteiger partial charge in [0.15, 0.2) is 0 Å². The van der Waals surface area contributed by atoms with Crippen molar-refractivity contribution in [3.63, 3.8) is 0 Å². The van der Waals surface area contributed by atoms with E-state index >= 15 is 0 Å². The molecule has 2 nitrogen and oxygen atoms in total. The zero-order valence-corrected chi connectivity index (χ0v) is 11.4. The van der Waals surface area contributed by atoms with E-state index in [-0.39, 0.29) is 0 Å². The van der Waals surface area contributed by atoms with Crippen LogP contribution in [0.25, 0.3) is 0 Å². The van der Waals surface area contributed by atoms with Crippen LogP contribution in [0.4, 0.5) is 0 Å². The fourth-order valence-corrected chi connectivity index (χ4v) is 3.50. The number of nitrogens with one attached hydrogen (secondary N) is 1. The summed E-state index contributed by atoms with van der Waals surface area (Å²) in [6.45, 7) is 3.36. The van der Waals surface area contributed by atoms with E-state index < -0.39 is 0 Å². The molecule has 3 rings (SSSR count). The molecule has 1 aromatic heterocycles. The van der Waals surface area contributed by atoms with Gasteiger partial charge in [-0.2, -0.15) is 0 Å². The first-order valence-electron chi connectivity index (χ1n) is 6.99. The highest BCUT2D eigenvalue weighted by atomic mass is 32.1. The molecule has 0 saturated heterocycles. The summed E-state index contributed by atoms with van der Waals surface area (Å²) >= 11 is 1.83. The van der Waals surface area contributed by atoms with Gasteiger partial charge in [-0.3, -0.25) is 0 Å². The normalized spacial score (nSPS) is 29.5. The van der Waals surface area contributed by atoms with Crippen LogP contribution < -0.4 is 5.32 Å². The molecular formula is C14H22N2S. The molecule has 2 aliphatic rings. The minimum Gasteiger partial charge on any atom is -0.308 e. The van der Waals surface area contributed by atoms with Crippen LogP contribution >= 0.6 is 11.3 Å². The predicted molar refractivity (Wildman–Crippen MR) is 72.3 cm³/mol. The zero-order chi connectivity index (χ0) is 11.7. The minimum absolute atomic E-state index is 0.736. The van der Waals surface area contributed by atoms with E-state index in [0.717, 1.165) is 24.4 Å². The predicted octanol–water partition coefficient (Wildman–Crippen LogP) is 3.69.